The van der Waals surface area contributed by atoms with E-state index in [0.717, 1.165) is 6.26 Å². The van der Waals surface area contributed by atoms with Gasteiger partial charge in [0, 0.05) is 5.02 Å². The van der Waals surface area contributed by atoms with E-state index in [1.165, 1.54) is 19.2 Å². The molecule has 1 unspecified atom stereocenters. The predicted octanol–water partition coefficient (Wildman–Crippen LogP) is 2.16. The first kappa shape index (κ1) is 14.3. The zero-order valence-electron chi connectivity index (χ0n) is 10.5. The summed E-state index contributed by atoms with van der Waals surface area (Å²) in [5, 5.41) is 10.6. The lowest BCUT2D eigenvalue weighted by Crippen LogP contribution is -2.15. The highest BCUT2D eigenvalue weighted by Gasteiger charge is 2.18. The van der Waals surface area contributed by atoms with Crippen LogP contribution in [-0.2, 0) is 4.74 Å². The molecule has 2 aromatic rings. The molecular formula is C14H11ClO5. The van der Waals surface area contributed by atoms with Gasteiger partial charge in [-0.2, -0.15) is 0 Å². The molecule has 0 saturated heterocycles. The number of aliphatic hydroxyl groups is 1. The Kier molecular flexibility index (Phi) is 4.22. The molecule has 0 spiro atoms. The number of carbonyl (C=O) groups excluding carboxylic acids is 1. The molecule has 1 atom stereocenters. The van der Waals surface area contributed by atoms with Crippen molar-refractivity contribution in [1.29, 1.82) is 0 Å². The lowest BCUT2D eigenvalue weighted by atomic mass is 10.0. The highest BCUT2D eigenvalue weighted by molar-refractivity contribution is 6.30. The maximum atomic E-state index is 11.7. The minimum atomic E-state index is -1.24. The first-order valence-corrected chi connectivity index (χ1v) is 6.05. The normalized spacial score (nSPS) is 11.9. The van der Waals surface area contributed by atoms with Crippen LogP contribution in [0.1, 0.15) is 27.6 Å². The number of hydrogen-bond donors (Lipinski definition) is 1. The van der Waals surface area contributed by atoms with Crippen LogP contribution in [0.5, 0.6) is 0 Å². The third-order valence-corrected chi connectivity index (χ3v) is 2.95. The van der Waals surface area contributed by atoms with E-state index < -0.39 is 17.7 Å². The van der Waals surface area contributed by atoms with Gasteiger partial charge in [0.1, 0.15) is 12.4 Å². The van der Waals surface area contributed by atoms with Crippen molar-refractivity contribution in [1.82, 2.24) is 0 Å². The number of ether oxygens (including phenoxy) is 1. The summed E-state index contributed by atoms with van der Waals surface area (Å²) < 4.78 is 9.27. The van der Waals surface area contributed by atoms with Crippen molar-refractivity contribution < 1.29 is 19.1 Å². The number of aliphatic hydroxyl groups excluding tert-OH is 1. The van der Waals surface area contributed by atoms with E-state index in [0.29, 0.717) is 10.6 Å². The van der Waals surface area contributed by atoms with Gasteiger partial charge in [0.2, 0.25) is 0 Å². The topological polar surface area (TPSA) is 76.7 Å². The van der Waals surface area contributed by atoms with Crippen molar-refractivity contribution in [2.75, 3.05) is 7.11 Å². The molecule has 2 rings (SSSR count). The number of esters is 1. The lowest BCUT2D eigenvalue weighted by molar-refractivity contribution is 0.0597. The van der Waals surface area contributed by atoms with Gasteiger partial charge < -0.3 is 14.3 Å². The third-order valence-electron chi connectivity index (χ3n) is 2.72. The number of carbonyl (C=O) groups is 1. The van der Waals surface area contributed by atoms with Gasteiger partial charge in [-0.05, 0) is 23.8 Å². The van der Waals surface area contributed by atoms with Crippen LogP contribution in [-0.4, -0.2) is 18.2 Å². The Morgan fingerprint density at radius 3 is 2.80 bits per heavy atom. The van der Waals surface area contributed by atoms with E-state index in [1.807, 2.05) is 0 Å². The van der Waals surface area contributed by atoms with Crippen LogP contribution in [0.4, 0.5) is 0 Å². The highest BCUT2D eigenvalue weighted by Crippen LogP contribution is 2.22. The SMILES string of the molecule is COC(=O)c1coc(=O)c(C(O)c2cccc(Cl)c2)c1. The number of rotatable bonds is 3. The number of halogens is 1. The molecule has 5 nitrogen and oxygen atoms in total. The summed E-state index contributed by atoms with van der Waals surface area (Å²) in [6.07, 6.45) is -0.253. The molecule has 1 heterocycles. The van der Waals surface area contributed by atoms with Crippen LogP contribution in [0, 0.1) is 0 Å². The smallest absolute Gasteiger partial charge is 0.341 e. The van der Waals surface area contributed by atoms with Gasteiger partial charge in [-0.1, -0.05) is 23.7 Å². The van der Waals surface area contributed by atoms with Crippen molar-refractivity contribution in [2.24, 2.45) is 0 Å². The maximum Gasteiger partial charge on any atom is 0.341 e. The Hall–Kier alpha value is -2.11. The van der Waals surface area contributed by atoms with Gasteiger partial charge in [0.15, 0.2) is 0 Å². The molecule has 0 fully saturated rings. The molecule has 0 aliphatic heterocycles. The molecule has 0 aliphatic carbocycles. The summed E-state index contributed by atoms with van der Waals surface area (Å²) in [5.74, 6) is -0.659. The van der Waals surface area contributed by atoms with Crippen LogP contribution >= 0.6 is 11.6 Å². The fourth-order valence-corrected chi connectivity index (χ4v) is 1.92. The van der Waals surface area contributed by atoms with Crippen LogP contribution in [0.15, 0.2) is 45.8 Å². The van der Waals surface area contributed by atoms with Gasteiger partial charge in [-0.25, -0.2) is 9.59 Å². The van der Waals surface area contributed by atoms with Gasteiger partial charge >= 0.3 is 11.6 Å². The van der Waals surface area contributed by atoms with Gasteiger partial charge in [-0.15, -0.1) is 0 Å². The average molecular weight is 295 g/mol. The Balaban J connectivity index is 2.46. The summed E-state index contributed by atoms with van der Waals surface area (Å²) in [4.78, 5) is 23.1. The maximum absolute atomic E-state index is 11.7. The summed E-state index contributed by atoms with van der Waals surface area (Å²) in [6, 6.07) is 7.66. The quantitative estimate of drug-likeness (QED) is 0.878. The van der Waals surface area contributed by atoms with Crippen molar-refractivity contribution >= 4 is 17.6 Å². The molecule has 0 bridgehead atoms. The molecule has 104 valence electrons. The second kappa shape index (κ2) is 5.90. The summed E-state index contributed by atoms with van der Waals surface area (Å²) in [5.41, 5.74) is -0.324. The fourth-order valence-electron chi connectivity index (χ4n) is 1.72. The summed E-state index contributed by atoms with van der Waals surface area (Å²) in [6.45, 7) is 0. The molecule has 0 saturated carbocycles. The third kappa shape index (κ3) is 2.89. The van der Waals surface area contributed by atoms with Crippen LogP contribution in [0.25, 0.3) is 0 Å². The first-order valence-electron chi connectivity index (χ1n) is 5.67. The number of hydrogen-bond acceptors (Lipinski definition) is 5. The largest absolute Gasteiger partial charge is 0.465 e. The van der Waals surface area contributed by atoms with Crippen molar-refractivity contribution in [3.05, 3.63) is 68.7 Å². The zero-order valence-corrected chi connectivity index (χ0v) is 11.3. The molecule has 6 heteroatoms. The monoisotopic (exact) mass is 294 g/mol. The van der Waals surface area contributed by atoms with E-state index >= 15 is 0 Å². The molecule has 20 heavy (non-hydrogen) atoms. The van der Waals surface area contributed by atoms with Gasteiger partial charge in [0.25, 0.3) is 0 Å². The minimum Gasteiger partial charge on any atom is -0.465 e. The number of benzene rings is 1. The highest BCUT2D eigenvalue weighted by atomic mass is 35.5. The van der Waals surface area contributed by atoms with Gasteiger partial charge in [0.05, 0.1) is 18.2 Å². The van der Waals surface area contributed by atoms with Crippen molar-refractivity contribution in [3.8, 4) is 0 Å². The second-order valence-electron chi connectivity index (χ2n) is 4.03. The van der Waals surface area contributed by atoms with Crippen molar-refractivity contribution in [2.45, 2.75) is 6.10 Å². The van der Waals surface area contributed by atoms with Crippen LogP contribution < -0.4 is 5.63 Å². The van der Waals surface area contributed by atoms with Crippen LogP contribution in [0.2, 0.25) is 5.02 Å². The summed E-state index contributed by atoms with van der Waals surface area (Å²) >= 11 is 5.83. The summed E-state index contributed by atoms with van der Waals surface area (Å²) in [7, 11) is 1.21. The molecule has 1 aromatic carbocycles. The Bertz CT molecular complexity index is 692. The molecule has 0 radical (unpaired) electrons. The van der Waals surface area contributed by atoms with E-state index in [4.69, 9.17) is 16.0 Å². The average Bonchev–Trinajstić information content (AvgIpc) is 2.46. The van der Waals surface area contributed by atoms with Crippen molar-refractivity contribution in [3.63, 3.8) is 0 Å². The molecule has 1 N–H and O–H groups in total. The van der Waals surface area contributed by atoms with E-state index in [2.05, 4.69) is 4.74 Å². The zero-order chi connectivity index (χ0) is 14.7. The van der Waals surface area contributed by atoms with E-state index in [1.54, 1.807) is 18.2 Å². The van der Waals surface area contributed by atoms with E-state index in [-0.39, 0.29) is 11.1 Å². The second-order valence-corrected chi connectivity index (χ2v) is 4.46. The van der Waals surface area contributed by atoms with Crippen LogP contribution in [0.3, 0.4) is 0 Å². The lowest BCUT2D eigenvalue weighted by Gasteiger charge is -2.11. The Morgan fingerprint density at radius 1 is 1.40 bits per heavy atom. The molecule has 0 aliphatic rings. The van der Waals surface area contributed by atoms with E-state index in [9.17, 15) is 14.7 Å². The molecule has 1 aromatic heterocycles. The first-order chi connectivity index (χ1) is 9.52. The standard InChI is InChI=1S/C14H11ClO5/c1-19-13(17)9-6-11(14(18)20-7-9)12(16)8-3-2-4-10(15)5-8/h2-7,12,16H,1H3. The fraction of sp³-hybridized carbons (Fsp3) is 0.143. The molecular weight excluding hydrogens is 284 g/mol. The Labute approximate surface area is 119 Å². The predicted molar refractivity (Wildman–Crippen MR) is 71.8 cm³/mol. The molecule has 0 amide bonds. The minimum absolute atomic E-state index is 0.0446. The van der Waals surface area contributed by atoms with Gasteiger partial charge in [-0.3, -0.25) is 0 Å². The number of methoxy groups -OCH3 is 1. The Morgan fingerprint density at radius 2 is 2.15 bits per heavy atom.